The number of carbonyl (C=O) groups is 2. The number of thiazole rings is 1. The molecule has 4 N–H and O–H groups in total. The van der Waals surface area contributed by atoms with Crippen molar-refractivity contribution in [2.45, 2.75) is 70.1 Å². The van der Waals surface area contributed by atoms with Crippen molar-refractivity contribution in [2.75, 3.05) is 19.6 Å². The van der Waals surface area contributed by atoms with Gasteiger partial charge in [-0.25, -0.2) is 4.79 Å². The third-order valence-corrected chi connectivity index (χ3v) is 5.88. The van der Waals surface area contributed by atoms with E-state index in [4.69, 9.17) is 10.5 Å². The average molecular weight is 413 g/mol. The minimum absolute atomic E-state index is 0.199. The van der Waals surface area contributed by atoms with E-state index in [-0.39, 0.29) is 6.54 Å². The second-order valence-electron chi connectivity index (χ2n) is 8.34. The summed E-state index contributed by atoms with van der Waals surface area (Å²) in [5, 5.41) is 12.8. The summed E-state index contributed by atoms with van der Waals surface area (Å²) in [6.45, 7) is 7.08. The number of aliphatic hydroxyl groups is 1. The van der Waals surface area contributed by atoms with Crippen molar-refractivity contribution in [3.8, 4) is 0 Å². The van der Waals surface area contributed by atoms with Crippen LogP contribution >= 0.6 is 11.3 Å². The summed E-state index contributed by atoms with van der Waals surface area (Å²) in [4.78, 5) is 28.7. The number of likely N-dealkylation sites (tertiary alicyclic amines) is 1. The Morgan fingerprint density at radius 2 is 2.04 bits per heavy atom. The molecule has 0 unspecified atom stereocenters. The first-order valence-corrected chi connectivity index (χ1v) is 10.6. The fourth-order valence-electron chi connectivity index (χ4n) is 3.18. The highest BCUT2D eigenvalue weighted by atomic mass is 32.1. The van der Waals surface area contributed by atoms with Crippen LogP contribution in [-0.2, 0) is 15.1 Å². The molecule has 2 fully saturated rings. The van der Waals surface area contributed by atoms with Crippen LogP contribution in [0.1, 0.15) is 57.8 Å². The Balaban J connectivity index is 0.000000211. The highest BCUT2D eigenvalue weighted by Crippen LogP contribution is 2.37. The lowest BCUT2D eigenvalue weighted by Gasteiger charge is -2.44. The Bertz CT molecular complexity index is 633. The number of aromatic nitrogens is 1. The molecule has 1 aromatic rings. The molecule has 1 saturated heterocycles. The van der Waals surface area contributed by atoms with Gasteiger partial charge in [-0.1, -0.05) is 6.42 Å². The van der Waals surface area contributed by atoms with E-state index in [1.807, 2.05) is 11.7 Å². The molecule has 3 rings (SSSR count). The number of nitrogens with one attached hydrogen (secondary N) is 1. The van der Waals surface area contributed by atoms with Crippen LogP contribution in [0.4, 0.5) is 4.79 Å². The van der Waals surface area contributed by atoms with Gasteiger partial charge in [0, 0.05) is 25.3 Å². The Hall–Kier alpha value is -1.71. The van der Waals surface area contributed by atoms with Crippen molar-refractivity contribution < 1.29 is 19.4 Å². The molecule has 9 heteroatoms. The van der Waals surface area contributed by atoms with Crippen molar-refractivity contribution in [3.63, 3.8) is 0 Å². The molecule has 158 valence electrons. The molecule has 1 saturated carbocycles. The van der Waals surface area contributed by atoms with E-state index < -0.39 is 23.2 Å². The van der Waals surface area contributed by atoms with Crippen molar-refractivity contribution in [1.82, 2.24) is 15.2 Å². The van der Waals surface area contributed by atoms with Gasteiger partial charge in [0.05, 0.1) is 16.9 Å². The summed E-state index contributed by atoms with van der Waals surface area (Å²) in [5.74, 6) is -0.596. The lowest BCUT2D eigenvalue weighted by Crippen LogP contribution is -2.48. The van der Waals surface area contributed by atoms with E-state index in [2.05, 4.69) is 15.2 Å². The molecule has 8 nitrogen and oxygen atoms in total. The van der Waals surface area contributed by atoms with Gasteiger partial charge in [0.1, 0.15) is 11.2 Å². The first-order valence-electron chi connectivity index (χ1n) is 9.70. The second-order valence-corrected chi connectivity index (χ2v) is 9.23. The van der Waals surface area contributed by atoms with Crippen molar-refractivity contribution >= 4 is 23.3 Å². The third kappa shape index (κ3) is 7.03. The zero-order chi connectivity index (χ0) is 20.8. The number of carbonyl (C=O) groups excluding carboxylic acids is 2. The summed E-state index contributed by atoms with van der Waals surface area (Å²) in [6.07, 6.45) is 7.03. The fourth-order valence-corrected chi connectivity index (χ4v) is 3.96. The molecule has 2 heterocycles. The van der Waals surface area contributed by atoms with Crippen LogP contribution in [0.3, 0.4) is 0 Å². The van der Waals surface area contributed by atoms with Gasteiger partial charge in [0.15, 0.2) is 0 Å². The van der Waals surface area contributed by atoms with Gasteiger partial charge in [-0.3, -0.25) is 9.78 Å². The first kappa shape index (κ1) is 22.6. The summed E-state index contributed by atoms with van der Waals surface area (Å²) in [5.41, 5.74) is 5.46. The van der Waals surface area contributed by atoms with Crippen molar-refractivity contribution in [3.05, 3.63) is 16.6 Å². The highest BCUT2D eigenvalue weighted by Gasteiger charge is 2.38. The molecule has 1 aliphatic heterocycles. The topological polar surface area (TPSA) is 118 Å². The normalized spacial score (nSPS) is 19.7. The zero-order valence-corrected chi connectivity index (χ0v) is 17.8. The summed E-state index contributed by atoms with van der Waals surface area (Å²) in [6, 6.07) is 0.811. The number of rotatable bonds is 4. The lowest BCUT2D eigenvalue weighted by molar-refractivity contribution is -0.117. The van der Waals surface area contributed by atoms with E-state index in [0.29, 0.717) is 0 Å². The standard InChI is InChI=1S/C12H18N2OS.C7H14N2O3/c15-12(11-8-13-9-16-11)4-6-14(7-5-12)10-2-1-3-10;1-7(2,3)12-6(11)9-4-5(8)10/h8-10,15H,1-7H2;4H2,1-3H3,(H2,8,10)(H,9,11). The van der Waals surface area contributed by atoms with Gasteiger partial charge < -0.3 is 25.8 Å². The number of hydrogen-bond acceptors (Lipinski definition) is 7. The van der Waals surface area contributed by atoms with Crippen molar-refractivity contribution in [2.24, 2.45) is 5.73 Å². The Labute approximate surface area is 170 Å². The number of hydrogen-bond donors (Lipinski definition) is 3. The molecule has 0 bridgehead atoms. The molecule has 1 aromatic heterocycles. The van der Waals surface area contributed by atoms with Crippen LogP contribution in [0.25, 0.3) is 0 Å². The number of nitrogens with two attached hydrogens (primary N) is 1. The van der Waals surface area contributed by atoms with E-state index in [1.165, 1.54) is 19.3 Å². The molecule has 2 amide bonds. The number of primary amides is 1. The molecular weight excluding hydrogens is 380 g/mol. The third-order valence-electron chi connectivity index (χ3n) is 4.91. The molecule has 0 radical (unpaired) electrons. The first-order chi connectivity index (χ1) is 13.1. The largest absolute Gasteiger partial charge is 0.444 e. The molecule has 1 aliphatic carbocycles. The maximum atomic E-state index is 10.8. The van der Waals surface area contributed by atoms with Gasteiger partial charge in [-0.2, -0.15) is 0 Å². The Kier molecular flexibility index (Phi) is 7.79. The number of ether oxygens (including phenoxy) is 1. The summed E-state index contributed by atoms with van der Waals surface area (Å²) < 4.78 is 4.83. The minimum Gasteiger partial charge on any atom is -0.444 e. The van der Waals surface area contributed by atoms with Crippen LogP contribution in [0.2, 0.25) is 0 Å². The van der Waals surface area contributed by atoms with Crippen LogP contribution in [0, 0.1) is 0 Å². The number of alkyl carbamates (subject to hydrolysis) is 1. The molecule has 0 spiro atoms. The smallest absolute Gasteiger partial charge is 0.408 e. The van der Waals surface area contributed by atoms with Crippen LogP contribution in [0.15, 0.2) is 11.7 Å². The van der Waals surface area contributed by atoms with Crippen LogP contribution in [0.5, 0.6) is 0 Å². The van der Waals surface area contributed by atoms with Crippen LogP contribution < -0.4 is 11.1 Å². The number of piperidine rings is 1. The molecular formula is C19H32N4O4S. The van der Waals surface area contributed by atoms with Gasteiger partial charge in [-0.15, -0.1) is 11.3 Å². The average Bonchev–Trinajstić information content (AvgIpc) is 3.08. The van der Waals surface area contributed by atoms with E-state index in [0.717, 1.165) is 36.9 Å². The molecule has 2 aliphatic rings. The number of amides is 2. The summed E-state index contributed by atoms with van der Waals surface area (Å²) in [7, 11) is 0. The summed E-state index contributed by atoms with van der Waals surface area (Å²) >= 11 is 1.58. The van der Waals surface area contributed by atoms with E-state index in [9.17, 15) is 14.7 Å². The van der Waals surface area contributed by atoms with E-state index in [1.54, 1.807) is 32.1 Å². The van der Waals surface area contributed by atoms with E-state index >= 15 is 0 Å². The molecule has 0 atom stereocenters. The predicted molar refractivity (Wildman–Crippen MR) is 108 cm³/mol. The quantitative estimate of drug-likeness (QED) is 0.696. The highest BCUT2D eigenvalue weighted by molar-refractivity contribution is 7.09. The minimum atomic E-state index is -0.638. The fraction of sp³-hybridized carbons (Fsp3) is 0.737. The van der Waals surface area contributed by atoms with Crippen LogP contribution in [-0.4, -0.2) is 58.3 Å². The van der Waals surface area contributed by atoms with Gasteiger partial charge in [0.2, 0.25) is 5.91 Å². The Morgan fingerprint density at radius 1 is 1.39 bits per heavy atom. The maximum absolute atomic E-state index is 10.8. The SMILES string of the molecule is CC(C)(C)OC(=O)NCC(N)=O.OC1(c2cncs2)CCN(C2CCC2)CC1. The van der Waals surface area contributed by atoms with Crippen molar-refractivity contribution in [1.29, 1.82) is 0 Å². The molecule has 0 aromatic carbocycles. The monoisotopic (exact) mass is 412 g/mol. The lowest BCUT2D eigenvalue weighted by atomic mass is 9.85. The predicted octanol–water partition coefficient (Wildman–Crippen LogP) is 1.98. The Morgan fingerprint density at radius 3 is 2.46 bits per heavy atom. The second kappa shape index (κ2) is 9.67. The van der Waals surface area contributed by atoms with Gasteiger partial charge >= 0.3 is 6.09 Å². The maximum Gasteiger partial charge on any atom is 0.408 e. The zero-order valence-electron chi connectivity index (χ0n) is 16.9. The number of nitrogens with zero attached hydrogens (tertiary/aromatic N) is 2. The molecule has 28 heavy (non-hydrogen) atoms. The van der Waals surface area contributed by atoms with Gasteiger partial charge in [0.25, 0.3) is 0 Å². The van der Waals surface area contributed by atoms with Gasteiger partial charge in [-0.05, 0) is 46.5 Å².